The molecule has 4 nitrogen and oxygen atoms in total. The lowest BCUT2D eigenvalue weighted by Crippen LogP contribution is -2.45. The molecule has 0 saturated carbocycles. The average Bonchev–Trinajstić information content (AvgIpc) is 3.32. The number of rotatable bonds is 57. The lowest BCUT2D eigenvalue weighted by molar-refractivity contribution is -0.123. The molecule has 0 spiro atoms. The van der Waals surface area contributed by atoms with Crippen molar-refractivity contribution in [2.75, 3.05) is 6.61 Å². The number of aliphatic hydroxyl groups excluding tert-OH is 2. The summed E-state index contributed by atoms with van der Waals surface area (Å²) in [5, 5.41) is 23.3. The van der Waals surface area contributed by atoms with E-state index in [0.717, 1.165) is 32.1 Å². The van der Waals surface area contributed by atoms with Crippen LogP contribution in [0.2, 0.25) is 0 Å². The summed E-state index contributed by atoms with van der Waals surface area (Å²) in [6.45, 7) is 4.39. The molecule has 0 aliphatic heterocycles. The summed E-state index contributed by atoms with van der Waals surface area (Å²) in [6.07, 6.45) is 77.7. The first-order valence-corrected chi connectivity index (χ1v) is 30.5. The van der Waals surface area contributed by atoms with Gasteiger partial charge < -0.3 is 15.5 Å². The number of nitrogens with one attached hydrogen (secondary N) is 1. The highest BCUT2D eigenvalue weighted by Gasteiger charge is 2.20. The Labute approximate surface area is 415 Å². The van der Waals surface area contributed by atoms with Crippen molar-refractivity contribution in [2.45, 2.75) is 360 Å². The maximum atomic E-state index is 12.5. The Bertz CT molecular complexity index is 963. The fourth-order valence-corrected chi connectivity index (χ4v) is 9.81. The second-order valence-electron chi connectivity index (χ2n) is 21.1. The Hall–Kier alpha value is -1.13. The molecule has 0 radical (unpaired) electrons. The molecule has 3 N–H and O–H groups in total. The first kappa shape index (κ1) is 64.9. The fraction of sp³-hybridized carbons (Fsp3) is 0.919. The van der Waals surface area contributed by atoms with E-state index >= 15 is 0 Å². The van der Waals surface area contributed by atoms with Crippen LogP contribution in [0, 0.1) is 0 Å². The van der Waals surface area contributed by atoms with Crippen LogP contribution in [-0.2, 0) is 4.79 Å². The van der Waals surface area contributed by atoms with Crippen molar-refractivity contribution in [1.82, 2.24) is 5.32 Å². The summed E-state index contributed by atoms with van der Waals surface area (Å²) in [5.41, 5.74) is 0. The smallest absolute Gasteiger partial charge is 0.220 e. The quantitative estimate of drug-likeness (QED) is 0.0420. The van der Waals surface area contributed by atoms with Crippen LogP contribution in [0.25, 0.3) is 0 Å². The Morgan fingerprint density at radius 3 is 0.909 bits per heavy atom. The predicted octanol–water partition coefficient (Wildman–Crippen LogP) is 20.3. The third kappa shape index (κ3) is 53.8. The highest BCUT2D eigenvalue weighted by molar-refractivity contribution is 5.76. The molecule has 392 valence electrons. The number of carbonyl (C=O) groups excluding carboxylic acids is 1. The monoisotopic (exact) mass is 928 g/mol. The highest BCUT2D eigenvalue weighted by Crippen LogP contribution is 2.18. The van der Waals surface area contributed by atoms with Crippen LogP contribution in [0.5, 0.6) is 0 Å². The molecular formula is C62H121NO3. The van der Waals surface area contributed by atoms with Gasteiger partial charge in [-0.15, -0.1) is 0 Å². The van der Waals surface area contributed by atoms with Crippen molar-refractivity contribution < 1.29 is 15.0 Å². The van der Waals surface area contributed by atoms with Crippen molar-refractivity contribution in [3.05, 3.63) is 24.3 Å². The predicted molar refractivity (Wildman–Crippen MR) is 295 cm³/mol. The van der Waals surface area contributed by atoms with Crippen molar-refractivity contribution in [3.63, 3.8) is 0 Å². The second-order valence-corrected chi connectivity index (χ2v) is 21.1. The number of hydrogen-bond acceptors (Lipinski definition) is 3. The van der Waals surface area contributed by atoms with Gasteiger partial charge in [-0.2, -0.15) is 0 Å². The van der Waals surface area contributed by atoms with Gasteiger partial charge in [0, 0.05) is 6.42 Å². The minimum Gasteiger partial charge on any atom is -0.394 e. The van der Waals surface area contributed by atoms with Crippen molar-refractivity contribution in [3.8, 4) is 0 Å². The van der Waals surface area contributed by atoms with E-state index in [-0.39, 0.29) is 12.5 Å². The van der Waals surface area contributed by atoms with Gasteiger partial charge in [-0.05, 0) is 44.9 Å². The van der Waals surface area contributed by atoms with Crippen LogP contribution < -0.4 is 5.32 Å². The highest BCUT2D eigenvalue weighted by atomic mass is 16.3. The van der Waals surface area contributed by atoms with Gasteiger partial charge in [0.1, 0.15) is 0 Å². The van der Waals surface area contributed by atoms with Crippen molar-refractivity contribution in [2.24, 2.45) is 0 Å². The summed E-state index contributed by atoms with van der Waals surface area (Å²) in [6, 6.07) is -0.534. The van der Waals surface area contributed by atoms with Crippen molar-refractivity contribution >= 4 is 5.91 Å². The van der Waals surface area contributed by atoms with Gasteiger partial charge in [0.25, 0.3) is 0 Å². The molecule has 66 heavy (non-hydrogen) atoms. The standard InChI is InChI=1S/C62H121NO3/c1-3-5-7-9-11-13-15-17-19-20-21-22-23-24-25-26-27-28-29-30-31-32-33-34-35-36-37-38-39-40-41-42-44-46-48-50-52-54-56-58-62(66)63-60(59-64)61(65)57-55-53-51-49-47-45-43-18-16-14-12-10-8-6-4-2/h27-28,30-31,60-61,64-65H,3-26,29,32-59H2,1-2H3,(H,63,66)/b28-27-,31-30-. The van der Waals surface area contributed by atoms with Crippen LogP contribution in [0.4, 0.5) is 0 Å². The largest absolute Gasteiger partial charge is 0.394 e. The van der Waals surface area contributed by atoms with Gasteiger partial charge in [-0.3, -0.25) is 4.79 Å². The molecule has 0 bridgehead atoms. The summed E-state index contributed by atoms with van der Waals surface area (Å²) in [4.78, 5) is 12.5. The van der Waals surface area contributed by atoms with E-state index < -0.39 is 12.1 Å². The maximum absolute atomic E-state index is 12.5. The van der Waals surface area contributed by atoms with E-state index in [4.69, 9.17) is 0 Å². The molecule has 0 saturated heterocycles. The Kier molecular flexibility index (Phi) is 57.2. The zero-order valence-electron chi connectivity index (χ0n) is 45.2. The number of hydrogen-bond donors (Lipinski definition) is 3. The first-order valence-electron chi connectivity index (χ1n) is 30.5. The lowest BCUT2D eigenvalue weighted by atomic mass is 10.0. The maximum Gasteiger partial charge on any atom is 0.220 e. The van der Waals surface area contributed by atoms with Crippen LogP contribution in [0.15, 0.2) is 24.3 Å². The molecule has 0 rings (SSSR count). The Morgan fingerprint density at radius 1 is 0.364 bits per heavy atom. The third-order valence-electron chi connectivity index (χ3n) is 14.5. The average molecular weight is 929 g/mol. The number of aliphatic hydroxyl groups is 2. The molecule has 2 atom stereocenters. The third-order valence-corrected chi connectivity index (χ3v) is 14.5. The molecule has 1 amide bonds. The Balaban J connectivity index is 3.38. The van der Waals surface area contributed by atoms with Gasteiger partial charge in [0.15, 0.2) is 0 Å². The minimum atomic E-state index is -0.657. The summed E-state index contributed by atoms with van der Waals surface area (Å²) in [5.74, 6) is -0.0259. The molecule has 0 aromatic rings. The molecular weight excluding hydrogens is 807 g/mol. The summed E-state index contributed by atoms with van der Waals surface area (Å²) < 4.78 is 0. The SMILES string of the molecule is CCCCCCCCCCCCCCCCC/C=C\C/C=C\CCCCCCCCCCCCCCCCCCCC(=O)NC(CO)C(O)CCCCCCCCCCCCCCCCC. The van der Waals surface area contributed by atoms with E-state index in [2.05, 4.69) is 43.5 Å². The van der Waals surface area contributed by atoms with Crippen LogP contribution in [0.1, 0.15) is 348 Å². The van der Waals surface area contributed by atoms with E-state index in [0.29, 0.717) is 12.8 Å². The number of amides is 1. The van der Waals surface area contributed by atoms with Crippen LogP contribution in [-0.4, -0.2) is 34.9 Å². The van der Waals surface area contributed by atoms with Crippen molar-refractivity contribution in [1.29, 1.82) is 0 Å². The van der Waals surface area contributed by atoms with Crippen LogP contribution >= 0.6 is 0 Å². The van der Waals surface area contributed by atoms with Gasteiger partial charge in [-0.1, -0.05) is 321 Å². The topological polar surface area (TPSA) is 69.6 Å². The molecule has 4 heteroatoms. The van der Waals surface area contributed by atoms with Gasteiger partial charge in [0.2, 0.25) is 5.91 Å². The number of allylic oxidation sites excluding steroid dienone is 4. The van der Waals surface area contributed by atoms with E-state index in [1.54, 1.807) is 0 Å². The number of unbranched alkanes of at least 4 members (excludes halogenated alkanes) is 46. The molecule has 2 unspecified atom stereocenters. The first-order chi connectivity index (χ1) is 32.7. The summed E-state index contributed by atoms with van der Waals surface area (Å²) >= 11 is 0. The normalized spacial score (nSPS) is 12.8. The lowest BCUT2D eigenvalue weighted by Gasteiger charge is -2.22. The summed E-state index contributed by atoms with van der Waals surface area (Å²) in [7, 11) is 0. The van der Waals surface area contributed by atoms with Crippen LogP contribution in [0.3, 0.4) is 0 Å². The molecule has 0 aliphatic carbocycles. The second kappa shape index (κ2) is 58.2. The van der Waals surface area contributed by atoms with E-state index in [1.807, 2.05) is 0 Å². The van der Waals surface area contributed by atoms with E-state index in [9.17, 15) is 15.0 Å². The molecule has 0 aliphatic rings. The zero-order chi connectivity index (χ0) is 47.7. The number of carbonyl (C=O) groups is 1. The zero-order valence-corrected chi connectivity index (χ0v) is 45.2. The minimum absolute atomic E-state index is 0.0259. The Morgan fingerprint density at radius 2 is 0.621 bits per heavy atom. The molecule has 0 fully saturated rings. The van der Waals surface area contributed by atoms with Gasteiger partial charge in [0.05, 0.1) is 18.8 Å². The van der Waals surface area contributed by atoms with E-state index in [1.165, 1.54) is 289 Å². The van der Waals surface area contributed by atoms with Gasteiger partial charge >= 0.3 is 0 Å². The van der Waals surface area contributed by atoms with Gasteiger partial charge in [-0.25, -0.2) is 0 Å². The molecule has 0 aromatic carbocycles. The fourth-order valence-electron chi connectivity index (χ4n) is 9.81. The molecule has 0 aromatic heterocycles. The molecule has 0 heterocycles.